The normalized spacial score (nSPS) is 15.0. The number of carbonyl (C=O) groups is 1. The third-order valence-corrected chi connectivity index (χ3v) is 4.91. The molecule has 2 aromatic rings. The predicted octanol–water partition coefficient (Wildman–Crippen LogP) is 3.07. The van der Waals surface area contributed by atoms with E-state index >= 15 is 0 Å². The van der Waals surface area contributed by atoms with Crippen LogP contribution in [0.1, 0.15) is 11.1 Å². The summed E-state index contributed by atoms with van der Waals surface area (Å²) in [4.78, 5) is 17.0. The molecule has 5 nitrogen and oxygen atoms in total. The van der Waals surface area contributed by atoms with Crippen molar-refractivity contribution >= 4 is 17.3 Å². The molecule has 0 unspecified atom stereocenters. The predicted molar refractivity (Wildman–Crippen MR) is 106 cm³/mol. The summed E-state index contributed by atoms with van der Waals surface area (Å²) in [5.41, 5.74) is 4.25. The molecule has 0 aromatic heterocycles. The van der Waals surface area contributed by atoms with Crippen molar-refractivity contribution in [2.45, 2.75) is 13.8 Å². The number of piperazine rings is 1. The summed E-state index contributed by atoms with van der Waals surface area (Å²) in [5, 5.41) is 3.07. The van der Waals surface area contributed by atoms with Crippen molar-refractivity contribution < 1.29 is 9.53 Å². The van der Waals surface area contributed by atoms with Crippen molar-refractivity contribution in [1.29, 1.82) is 0 Å². The zero-order chi connectivity index (χ0) is 18.5. The lowest BCUT2D eigenvalue weighted by atomic mass is 10.1. The average molecular weight is 353 g/mol. The Labute approximate surface area is 155 Å². The van der Waals surface area contributed by atoms with Crippen LogP contribution in [-0.2, 0) is 4.79 Å². The Morgan fingerprint density at radius 1 is 1.00 bits per heavy atom. The molecule has 5 heteroatoms. The van der Waals surface area contributed by atoms with Crippen LogP contribution < -0.4 is 15.0 Å². The van der Waals surface area contributed by atoms with E-state index in [0.717, 1.165) is 54.4 Å². The number of hydrogen-bond donors (Lipinski definition) is 1. The maximum atomic E-state index is 12.5. The first-order valence-corrected chi connectivity index (χ1v) is 9.05. The van der Waals surface area contributed by atoms with Gasteiger partial charge in [-0.3, -0.25) is 9.69 Å². The Morgan fingerprint density at radius 2 is 1.65 bits per heavy atom. The standard InChI is InChI=1S/C21H27N3O2/c1-16-7-6-8-17(2)21(16)22-20(25)15-23-11-13-24(14-12-23)18-9-4-5-10-19(18)26-3/h4-10H,11-15H2,1-3H3,(H,22,25). The summed E-state index contributed by atoms with van der Waals surface area (Å²) in [7, 11) is 1.70. The number of anilines is 2. The third kappa shape index (κ3) is 4.17. The van der Waals surface area contributed by atoms with Gasteiger partial charge in [0.1, 0.15) is 5.75 Å². The second-order valence-corrected chi connectivity index (χ2v) is 6.75. The van der Waals surface area contributed by atoms with E-state index in [4.69, 9.17) is 4.74 Å². The number of ether oxygens (including phenoxy) is 1. The van der Waals surface area contributed by atoms with Crippen LogP contribution >= 0.6 is 0 Å². The summed E-state index contributed by atoms with van der Waals surface area (Å²) in [6, 6.07) is 14.1. The number of methoxy groups -OCH3 is 1. The molecule has 0 radical (unpaired) electrons. The van der Waals surface area contributed by atoms with Gasteiger partial charge in [-0.1, -0.05) is 30.3 Å². The minimum absolute atomic E-state index is 0.0492. The van der Waals surface area contributed by atoms with Crippen molar-refractivity contribution in [3.8, 4) is 5.75 Å². The lowest BCUT2D eigenvalue weighted by Crippen LogP contribution is -2.48. The van der Waals surface area contributed by atoms with Crippen molar-refractivity contribution in [2.75, 3.05) is 50.1 Å². The fourth-order valence-corrected chi connectivity index (χ4v) is 3.43. The second kappa shape index (κ2) is 8.23. The third-order valence-electron chi connectivity index (χ3n) is 4.91. The topological polar surface area (TPSA) is 44.8 Å². The molecule has 138 valence electrons. The summed E-state index contributed by atoms with van der Waals surface area (Å²) in [6.07, 6.45) is 0. The molecule has 0 aliphatic carbocycles. The Morgan fingerprint density at radius 3 is 2.31 bits per heavy atom. The number of nitrogens with one attached hydrogen (secondary N) is 1. The summed E-state index contributed by atoms with van der Waals surface area (Å²) in [5.74, 6) is 0.946. The molecule has 1 amide bonds. The largest absolute Gasteiger partial charge is 0.495 e. The van der Waals surface area contributed by atoms with Gasteiger partial charge in [-0.25, -0.2) is 0 Å². The number of nitrogens with zero attached hydrogens (tertiary/aromatic N) is 2. The Hall–Kier alpha value is -2.53. The minimum Gasteiger partial charge on any atom is -0.495 e. The van der Waals surface area contributed by atoms with E-state index in [1.807, 2.05) is 50.2 Å². The molecule has 0 saturated carbocycles. The highest BCUT2D eigenvalue weighted by atomic mass is 16.5. The number of para-hydroxylation sites is 3. The van der Waals surface area contributed by atoms with Gasteiger partial charge in [-0.2, -0.15) is 0 Å². The summed E-state index contributed by atoms with van der Waals surface area (Å²) in [6.45, 7) is 7.96. The lowest BCUT2D eigenvalue weighted by Gasteiger charge is -2.36. The maximum absolute atomic E-state index is 12.5. The van der Waals surface area contributed by atoms with Crippen LogP contribution in [0.3, 0.4) is 0 Å². The molecule has 1 saturated heterocycles. The van der Waals surface area contributed by atoms with Crippen LogP contribution in [0.25, 0.3) is 0 Å². The summed E-state index contributed by atoms with van der Waals surface area (Å²) < 4.78 is 5.46. The smallest absolute Gasteiger partial charge is 0.238 e. The van der Waals surface area contributed by atoms with Crippen LogP contribution in [0.5, 0.6) is 5.75 Å². The minimum atomic E-state index is 0.0492. The van der Waals surface area contributed by atoms with E-state index in [1.165, 1.54) is 0 Å². The van der Waals surface area contributed by atoms with Crippen molar-refractivity contribution in [3.63, 3.8) is 0 Å². The Bertz CT molecular complexity index is 747. The number of hydrogen-bond acceptors (Lipinski definition) is 4. The number of benzene rings is 2. The van der Waals surface area contributed by atoms with Gasteiger partial charge in [-0.15, -0.1) is 0 Å². The van der Waals surface area contributed by atoms with Gasteiger partial charge in [0, 0.05) is 31.9 Å². The van der Waals surface area contributed by atoms with Crippen LogP contribution in [0, 0.1) is 13.8 Å². The summed E-state index contributed by atoms with van der Waals surface area (Å²) >= 11 is 0. The lowest BCUT2D eigenvalue weighted by molar-refractivity contribution is -0.117. The SMILES string of the molecule is COc1ccccc1N1CCN(CC(=O)Nc2c(C)cccc2C)CC1. The van der Waals surface area contributed by atoms with Gasteiger partial charge in [0.05, 0.1) is 19.3 Å². The van der Waals surface area contributed by atoms with Crippen LogP contribution in [0.2, 0.25) is 0 Å². The number of aryl methyl sites for hydroxylation is 2. The quantitative estimate of drug-likeness (QED) is 0.897. The molecule has 0 spiro atoms. The van der Waals surface area contributed by atoms with Gasteiger partial charge >= 0.3 is 0 Å². The van der Waals surface area contributed by atoms with E-state index in [-0.39, 0.29) is 5.91 Å². The molecule has 0 bridgehead atoms. The van der Waals surface area contributed by atoms with E-state index in [1.54, 1.807) is 7.11 Å². The fraction of sp³-hybridized carbons (Fsp3) is 0.381. The van der Waals surface area contributed by atoms with Crippen molar-refractivity contribution in [2.24, 2.45) is 0 Å². The van der Waals surface area contributed by atoms with Gasteiger partial charge in [0.25, 0.3) is 0 Å². The second-order valence-electron chi connectivity index (χ2n) is 6.75. The fourth-order valence-electron chi connectivity index (χ4n) is 3.43. The van der Waals surface area contributed by atoms with Crippen molar-refractivity contribution in [3.05, 3.63) is 53.6 Å². The molecular weight excluding hydrogens is 326 g/mol. The highest BCUT2D eigenvalue weighted by Gasteiger charge is 2.21. The zero-order valence-corrected chi connectivity index (χ0v) is 15.8. The monoisotopic (exact) mass is 353 g/mol. The highest BCUT2D eigenvalue weighted by molar-refractivity contribution is 5.93. The Kier molecular flexibility index (Phi) is 5.78. The van der Waals surface area contributed by atoms with Crippen LogP contribution in [0.4, 0.5) is 11.4 Å². The highest BCUT2D eigenvalue weighted by Crippen LogP contribution is 2.28. The average Bonchev–Trinajstić information content (AvgIpc) is 2.65. The molecular formula is C21H27N3O2. The van der Waals surface area contributed by atoms with Crippen molar-refractivity contribution in [1.82, 2.24) is 4.90 Å². The molecule has 3 rings (SSSR count). The van der Waals surface area contributed by atoms with E-state index in [9.17, 15) is 4.79 Å². The Balaban J connectivity index is 1.55. The molecule has 1 aliphatic heterocycles. The first kappa shape index (κ1) is 18.3. The zero-order valence-electron chi connectivity index (χ0n) is 15.8. The van der Waals surface area contributed by atoms with Gasteiger partial charge < -0.3 is 15.0 Å². The maximum Gasteiger partial charge on any atom is 0.238 e. The van der Waals surface area contributed by atoms with E-state index in [2.05, 4.69) is 21.2 Å². The van der Waals surface area contributed by atoms with Gasteiger partial charge in [0.2, 0.25) is 5.91 Å². The van der Waals surface area contributed by atoms with Gasteiger partial charge in [-0.05, 0) is 37.1 Å². The first-order chi connectivity index (χ1) is 12.6. The molecule has 1 fully saturated rings. The molecule has 26 heavy (non-hydrogen) atoms. The van der Waals surface area contributed by atoms with Crippen LogP contribution in [0.15, 0.2) is 42.5 Å². The molecule has 1 aliphatic rings. The molecule has 2 aromatic carbocycles. The molecule has 1 N–H and O–H groups in total. The van der Waals surface area contributed by atoms with E-state index in [0.29, 0.717) is 6.54 Å². The number of carbonyl (C=O) groups excluding carboxylic acids is 1. The van der Waals surface area contributed by atoms with E-state index < -0.39 is 0 Å². The van der Waals surface area contributed by atoms with Gasteiger partial charge in [0.15, 0.2) is 0 Å². The number of rotatable bonds is 5. The molecule has 1 heterocycles. The molecule has 0 atom stereocenters. The van der Waals surface area contributed by atoms with Crippen LogP contribution in [-0.4, -0.2) is 50.6 Å². The number of amides is 1. The first-order valence-electron chi connectivity index (χ1n) is 9.05.